The van der Waals surface area contributed by atoms with E-state index in [1.54, 1.807) is 18.0 Å². The molecule has 2 aliphatic heterocycles. The van der Waals surface area contributed by atoms with Gasteiger partial charge in [-0.1, -0.05) is 23.7 Å². The number of carbonyl (C=O) groups is 2. The Hall–Kier alpha value is -1.59. The monoisotopic (exact) mass is 335 g/mol. The normalized spacial score (nSPS) is 27.5. The molecule has 2 saturated heterocycles. The van der Waals surface area contributed by atoms with Gasteiger partial charge >= 0.3 is 0 Å². The number of amides is 2. The Kier molecular flexibility index (Phi) is 4.87. The van der Waals surface area contributed by atoms with E-state index < -0.39 is 0 Å². The van der Waals surface area contributed by atoms with Crippen LogP contribution in [-0.2, 0) is 9.59 Å². The number of hydrogen-bond acceptors (Lipinski definition) is 3. The van der Waals surface area contributed by atoms with E-state index in [0.29, 0.717) is 17.6 Å². The van der Waals surface area contributed by atoms with Crippen molar-refractivity contribution in [1.29, 1.82) is 0 Å². The lowest BCUT2D eigenvalue weighted by Crippen LogP contribution is -2.41. The molecule has 2 N–H and O–H groups in total. The lowest BCUT2D eigenvalue weighted by molar-refractivity contribution is -0.128. The molecule has 2 amide bonds. The molecule has 3 atom stereocenters. The fourth-order valence-electron chi connectivity index (χ4n) is 3.54. The summed E-state index contributed by atoms with van der Waals surface area (Å²) in [7, 11) is 1.75. The van der Waals surface area contributed by atoms with Gasteiger partial charge in [0.1, 0.15) is 0 Å². The predicted molar refractivity (Wildman–Crippen MR) is 89.1 cm³/mol. The Bertz CT molecular complexity index is 601. The summed E-state index contributed by atoms with van der Waals surface area (Å²) in [5.74, 6) is -0.428. The van der Waals surface area contributed by atoms with E-state index in [2.05, 4.69) is 10.6 Å². The zero-order valence-electron chi connectivity index (χ0n) is 13.2. The molecular formula is C17H22ClN3O2. The minimum absolute atomic E-state index is 0.00545. The Morgan fingerprint density at radius 3 is 3.00 bits per heavy atom. The van der Waals surface area contributed by atoms with Crippen LogP contribution < -0.4 is 10.6 Å². The summed E-state index contributed by atoms with van der Waals surface area (Å²) in [6, 6.07) is 7.50. The topological polar surface area (TPSA) is 61.4 Å². The first-order valence-electron chi connectivity index (χ1n) is 8.08. The van der Waals surface area contributed by atoms with E-state index in [-0.39, 0.29) is 30.2 Å². The summed E-state index contributed by atoms with van der Waals surface area (Å²) in [4.78, 5) is 26.4. The number of hydrogen-bond donors (Lipinski definition) is 2. The van der Waals surface area contributed by atoms with Gasteiger partial charge in [-0.3, -0.25) is 9.59 Å². The van der Waals surface area contributed by atoms with Crippen molar-refractivity contribution in [3.8, 4) is 0 Å². The van der Waals surface area contributed by atoms with Crippen molar-refractivity contribution in [2.24, 2.45) is 5.92 Å². The van der Waals surface area contributed by atoms with Crippen LogP contribution in [0.1, 0.15) is 30.9 Å². The first-order chi connectivity index (χ1) is 11.1. The summed E-state index contributed by atoms with van der Waals surface area (Å²) in [5, 5.41) is 6.98. The molecule has 124 valence electrons. The van der Waals surface area contributed by atoms with E-state index in [9.17, 15) is 9.59 Å². The van der Waals surface area contributed by atoms with Crippen molar-refractivity contribution in [3.63, 3.8) is 0 Å². The average molecular weight is 336 g/mol. The number of halogens is 1. The molecule has 0 radical (unpaired) electrons. The van der Waals surface area contributed by atoms with Gasteiger partial charge in [0.25, 0.3) is 0 Å². The Morgan fingerprint density at radius 2 is 2.30 bits per heavy atom. The molecule has 0 saturated carbocycles. The molecule has 6 heteroatoms. The van der Waals surface area contributed by atoms with E-state index in [4.69, 9.17) is 11.6 Å². The molecule has 1 aromatic rings. The predicted octanol–water partition coefficient (Wildman–Crippen LogP) is 1.73. The number of likely N-dealkylation sites (tertiary alicyclic amines) is 1. The maximum absolute atomic E-state index is 12.6. The second kappa shape index (κ2) is 6.89. The first kappa shape index (κ1) is 16.3. The number of rotatable bonds is 4. The van der Waals surface area contributed by atoms with Crippen molar-refractivity contribution in [2.75, 3.05) is 20.1 Å². The summed E-state index contributed by atoms with van der Waals surface area (Å²) >= 11 is 6.07. The number of nitrogens with zero attached hydrogens (tertiary/aromatic N) is 1. The maximum Gasteiger partial charge on any atom is 0.226 e. The SMILES string of the molecule is CN1C(=O)CC(C(=O)NCC2CCCN2)C1c1cccc(Cl)c1. The molecule has 23 heavy (non-hydrogen) atoms. The number of benzene rings is 1. The number of nitrogens with one attached hydrogen (secondary N) is 2. The van der Waals surface area contributed by atoms with Crippen LogP contribution in [-0.4, -0.2) is 42.9 Å². The van der Waals surface area contributed by atoms with Gasteiger partial charge in [-0.25, -0.2) is 0 Å². The van der Waals surface area contributed by atoms with Gasteiger partial charge in [-0.2, -0.15) is 0 Å². The van der Waals surface area contributed by atoms with Crippen LogP contribution in [0.2, 0.25) is 5.02 Å². The smallest absolute Gasteiger partial charge is 0.226 e. The van der Waals surface area contributed by atoms with Gasteiger partial charge in [0.15, 0.2) is 0 Å². The van der Waals surface area contributed by atoms with E-state index in [1.807, 2.05) is 18.2 Å². The van der Waals surface area contributed by atoms with Gasteiger partial charge in [-0.05, 0) is 37.1 Å². The fourth-order valence-corrected chi connectivity index (χ4v) is 3.74. The minimum atomic E-state index is -0.368. The zero-order valence-corrected chi connectivity index (χ0v) is 14.0. The Morgan fingerprint density at radius 1 is 1.48 bits per heavy atom. The Balaban J connectivity index is 1.73. The molecule has 3 rings (SSSR count). The highest BCUT2D eigenvalue weighted by molar-refractivity contribution is 6.30. The fraction of sp³-hybridized carbons (Fsp3) is 0.529. The highest BCUT2D eigenvalue weighted by atomic mass is 35.5. The molecule has 2 heterocycles. The standard InChI is InChI=1S/C17H22ClN3O2/c1-21-15(22)9-14(16(21)11-4-2-5-12(18)8-11)17(23)20-10-13-6-3-7-19-13/h2,4-5,8,13-14,16,19H,3,6-7,9-10H2,1H3,(H,20,23). The van der Waals surface area contributed by atoms with Crippen LogP contribution in [0.4, 0.5) is 0 Å². The van der Waals surface area contributed by atoms with Crippen LogP contribution in [0, 0.1) is 5.92 Å². The second-order valence-electron chi connectivity index (χ2n) is 6.35. The Labute approximate surface area is 141 Å². The molecule has 2 aliphatic rings. The molecule has 5 nitrogen and oxygen atoms in total. The molecule has 0 spiro atoms. The first-order valence-corrected chi connectivity index (χ1v) is 8.46. The zero-order chi connectivity index (χ0) is 16.4. The lowest BCUT2D eigenvalue weighted by atomic mass is 9.93. The van der Waals surface area contributed by atoms with Gasteiger partial charge in [0.05, 0.1) is 12.0 Å². The molecule has 1 aromatic carbocycles. The summed E-state index contributed by atoms with van der Waals surface area (Å²) in [6.45, 7) is 1.63. The third-order valence-corrected chi connectivity index (χ3v) is 5.03. The summed E-state index contributed by atoms with van der Waals surface area (Å²) in [5.41, 5.74) is 0.907. The van der Waals surface area contributed by atoms with Gasteiger partial charge in [-0.15, -0.1) is 0 Å². The van der Waals surface area contributed by atoms with Gasteiger partial charge < -0.3 is 15.5 Å². The molecule has 0 aliphatic carbocycles. The number of carbonyl (C=O) groups excluding carboxylic acids is 2. The van der Waals surface area contributed by atoms with Gasteiger partial charge in [0.2, 0.25) is 11.8 Å². The van der Waals surface area contributed by atoms with Crippen LogP contribution >= 0.6 is 11.6 Å². The lowest BCUT2D eigenvalue weighted by Gasteiger charge is -2.25. The maximum atomic E-state index is 12.6. The van der Waals surface area contributed by atoms with E-state index >= 15 is 0 Å². The highest BCUT2D eigenvalue weighted by Gasteiger charge is 2.42. The molecular weight excluding hydrogens is 314 g/mol. The molecule has 0 aromatic heterocycles. The third-order valence-electron chi connectivity index (χ3n) is 4.80. The van der Waals surface area contributed by atoms with Crippen molar-refractivity contribution in [2.45, 2.75) is 31.3 Å². The highest BCUT2D eigenvalue weighted by Crippen LogP contribution is 2.37. The molecule has 2 fully saturated rings. The van der Waals surface area contributed by atoms with Gasteiger partial charge in [0, 0.05) is 31.1 Å². The van der Waals surface area contributed by atoms with E-state index in [1.165, 1.54) is 0 Å². The van der Waals surface area contributed by atoms with Crippen molar-refractivity contribution in [3.05, 3.63) is 34.9 Å². The third kappa shape index (κ3) is 3.51. The largest absolute Gasteiger partial charge is 0.354 e. The van der Waals surface area contributed by atoms with Crippen LogP contribution in [0.5, 0.6) is 0 Å². The summed E-state index contributed by atoms with van der Waals surface area (Å²) < 4.78 is 0. The van der Waals surface area contributed by atoms with Crippen LogP contribution in [0.3, 0.4) is 0 Å². The summed E-state index contributed by atoms with van der Waals surface area (Å²) in [6.07, 6.45) is 2.48. The molecule has 0 bridgehead atoms. The molecule has 3 unspecified atom stereocenters. The van der Waals surface area contributed by atoms with E-state index in [0.717, 1.165) is 24.9 Å². The van der Waals surface area contributed by atoms with Crippen molar-refractivity contribution < 1.29 is 9.59 Å². The van der Waals surface area contributed by atoms with Crippen LogP contribution in [0.25, 0.3) is 0 Å². The van der Waals surface area contributed by atoms with Crippen molar-refractivity contribution in [1.82, 2.24) is 15.5 Å². The van der Waals surface area contributed by atoms with Crippen LogP contribution in [0.15, 0.2) is 24.3 Å². The van der Waals surface area contributed by atoms with Crippen molar-refractivity contribution >= 4 is 23.4 Å². The quantitative estimate of drug-likeness (QED) is 0.881. The minimum Gasteiger partial charge on any atom is -0.354 e. The second-order valence-corrected chi connectivity index (χ2v) is 6.79. The average Bonchev–Trinajstić information content (AvgIpc) is 3.14.